The van der Waals surface area contributed by atoms with Gasteiger partial charge in [0, 0.05) is 37.4 Å². The summed E-state index contributed by atoms with van der Waals surface area (Å²) in [6.07, 6.45) is 5.37. The van der Waals surface area contributed by atoms with E-state index in [1.54, 1.807) is 23.3 Å². The standard InChI is InChI=1S/C20H23N5O2/c26-20(15-25-18-4-2-1-3-17(18)13-23-25)22-14-19(16-5-7-21-8-6-16)24-9-11-27-12-10-24/h1-8,13,19H,9-12,14-15H2,(H,22,26)/t19-/m0/s1. The molecule has 3 heterocycles. The number of rotatable bonds is 6. The minimum absolute atomic E-state index is 0.0452. The van der Waals surface area contributed by atoms with Crippen molar-refractivity contribution in [3.8, 4) is 0 Å². The lowest BCUT2D eigenvalue weighted by atomic mass is 10.1. The fourth-order valence-electron chi connectivity index (χ4n) is 3.49. The number of pyridine rings is 1. The van der Waals surface area contributed by atoms with Crippen LogP contribution in [-0.2, 0) is 16.1 Å². The number of carbonyl (C=O) groups is 1. The van der Waals surface area contributed by atoms with E-state index in [9.17, 15) is 4.79 Å². The van der Waals surface area contributed by atoms with Crippen molar-refractivity contribution in [2.45, 2.75) is 12.6 Å². The predicted octanol–water partition coefficient (Wildman–Crippen LogP) is 1.62. The second kappa shape index (κ2) is 8.28. The molecule has 1 fully saturated rings. The van der Waals surface area contributed by atoms with Crippen molar-refractivity contribution in [2.75, 3.05) is 32.8 Å². The van der Waals surface area contributed by atoms with Gasteiger partial charge in [-0.1, -0.05) is 18.2 Å². The highest BCUT2D eigenvalue weighted by Gasteiger charge is 2.23. The molecule has 7 nitrogen and oxygen atoms in total. The molecule has 1 atom stereocenters. The number of morpholine rings is 1. The van der Waals surface area contributed by atoms with Gasteiger partial charge < -0.3 is 10.1 Å². The molecule has 7 heteroatoms. The van der Waals surface area contributed by atoms with Crippen molar-refractivity contribution in [3.63, 3.8) is 0 Å². The highest BCUT2D eigenvalue weighted by Crippen LogP contribution is 2.20. The van der Waals surface area contributed by atoms with Gasteiger partial charge in [0.2, 0.25) is 5.91 Å². The molecule has 0 saturated carbocycles. The molecule has 0 aliphatic carbocycles. The molecular formula is C20H23N5O2. The maximum atomic E-state index is 12.5. The Labute approximate surface area is 157 Å². The molecule has 1 aliphatic rings. The zero-order valence-corrected chi connectivity index (χ0v) is 15.1. The van der Waals surface area contributed by atoms with Crippen LogP contribution in [0.5, 0.6) is 0 Å². The SMILES string of the molecule is O=C(Cn1ncc2ccccc21)NC[C@@H](c1ccncc1)N1CCOCC1. The minimum Gasteiger partial charge on any atom is -0.379 e. The van der Waals surface area contributed by atoms with Crippen molar-refractivity contribution in [2.24, 2.45) is 0 Å². The predicted molar refractivity (Wildman–Crippen MR) is 102 cm³/mol. The summed E-state index contributed by atoms with van der Waals surface area (Å²) in [5.41, 5.74) is 2.11. The maximum absolute atomic E-state index is 12.5. The van der Waals surface area contributed by atoms with E-state index in [0.717, 1.165) is 42.8 Å². The average molecular weight is 365 g/mol. The Bertz CT molecular complexity index is 890. The van der Waals surface area contributed by atoms with Crippen LogP contribution in [0.2, 0.25) is 0 Å². The fraction of sp³-hybridized carbons (Fsp3) is 0.350. The summed E-state index contributed by atoms with van der Waals surface area (Å²) in [5, 5.41) is 8.45. The number of carbonyl (C=O) groups excluding carboxylic acids is 1. The van der Waals surface area contributed by atoms with Gasteiger partial charge in [0.05, 0.1) is 31.0 Å². The number of aromatic nitrogens is 3. The Morgan fingerprint density at radius 1 is 1.15 bits per heavy atom. The lowest BCUT2D eigenvalue weighted by Crippen LogP contribution is -2.44. The molecule has 3 aromatic rings. The van der Waals surface area contributed by atoms with Crippen LogP contribution in [0, 0.1) is 0 Å². The van der Waals surface area contributed by atoms with E-state index < -0.39 is 0 Å². The van der Waals surface area contributed by atoms with Gasteiger partial charge in [0.1, 0.15) is 6.54 Å². The Balaban J connectivity index is 1.43. The summed E-state index contributed by atoms with van der Waals surface area (Å²) < 4.78 is 7.21. The molecule has 1 N–H and O–H groups in total. The maximum Gasteiger partial charge on any atom is 0.241 e. The quantitative estimate of drug-likeness (QED) is 0.719. The normalized spacial score (nSPS) is 16.3. The third-order valence-corrected chi connectivity index (χ3v) is 4.91. The molecule has 0 spiro atoms. The zero-order chi connectivity index (χ0) is 18.5. The first-order valence-corrected chi connectivity index (χ1v) is 9.20. The Morgan fingerprint density at radius 3 is 2.74 bits per heavy atom. The first kappa shape index (κ1) is 17.6. The van der Waals surface area contributed by atoms with Crippen LogP contribution in [0.4, 0.5) is 0 Å². The molecule has 4 rings (SSSR count). The molecule has 0 radical (unpaired) electrons. The van der Waals surface area contributed by atoms with E-state index in [4.69, 9.17) is 4.74 Å². The van der Waals surface area contributed by atoms with Crippen molar-refractivity contribution in [1.82, 2.24) is 25.0 Å². The Hall–Kier alpha value is -2.77. The lowest BCUT2D eigenvalue weighted by molar-refractivity contribution is -0.122. The zero-order valence-electron chi connectivity index (χ0n) is 15.1. The number of hydrogen-bond acceptors (Lipinski definition) is 5. The summed E-state index contributed by atoms with van der Waals surface area (Å²) in [6, 6.07) is 12.0. The molecule has 1 aromatic carbocycles. The highest BCUT2D eigenvalue weighted by molar-refractivity contribution is 5.81. The molecule has 0 bridgehead atoms. The van der Waals surface area contributed by atoms with Gasteiger partial charge in [-0.05, 0) is 23.8 Å². The third kappa shape index (κ3) is 4.15. The molecule has 27 heavy (non-hydrogen) atoms. The van der Waals surface area contributed by atoms with E-state index >= 15 is 0 Å². The van der Waals surface area contributed by atoms with Gasteiger partial charge in [-0.2, -0.15) is 5.10 Å². The Morgan fingerprint density at radius 2 is 1.93 bits per heavy atom. The van der Waals surface area contributed by atoms with Gasteiger partial charge in [-0.3, -0.25) is 19.4 Å². The number of amides is 1. The summed E-state index contributed by atoms with van der Waals surface area (Å²) in [6.45, 7) is 3.89. The lowest BCUT2D eigenvalue weighted by Gasteiger charge is -2.34. The second-order valence-corrected chi connectivity index (χ2v) is 6.61. The number of hydrogen-bond donors (Lipinski definition) is 1. The van der Waals surface area contributed by atoms with E-state index in [1.165, 1.54) is 0 Å². The van der Waals surface area contributed by atoms with Crippen molar-refractivity contribution < 1.29 is 9.53 Å². The van der Waals surface area contributed by atoms with E-state index in [1.807, 2.05) is 36.4 Å². The first-order valence-electron chi connectivity index (χ1n) is 9.20. The first-order chi connectivity index (χ1) is 13.3. The van der Waals surface area contributed by atoms with Gasteiger partial charge >= 0.3 is 0 Å². The number of para-hydroxylation sites is 1. The smallest absolute Gasteiger partial charge is 0.241 e. The van der Waals surface area contributed by atoms with E-state index in [0.29, 0.717) is 6.54 Å². The van der Waals surface area contributed by atoms with Crippen LogP contribution in [0.1, 0.15) is 11.6 Å². The highest BCUT2D eigenvalue weighted by atomic mass is 16.5. The molecule has 140 valence electrons. The number of fused-ring (bicyclic) bond motifs is 1. The van der Waals surface area contributed by atoms with Crippen LogP contribution in [-0.4, -0.2) is 58.4 Å². The average Bonchev–Trinajstić information content (AvgIpc) is 3.13. The van der Waals surface area contributed by atoms with Crippen molar-refractivity contribution >= 4 is 16.8 Å². The van der Waals surface area contributed by atoms with E-state index in [-0.39, 0.29) is 18.5 Å². The van der Waals surface area contributed by atoms with Gasteiger partial charge in [0.15, 0.2) is 0 Å². The Kier molecular flexibility index (Phi) is 5.41. The number of ether oxygens (including phenoxy) is 1. The monoisotopic (exact) mass is 365 g/mol. The summed E-state index contributed by atoms with van der Waals surface area (Å²) >= 11 is 0. The minimum atomic E-state index is -0.0452. The third-order valence-electron chi connectivity index (χ3n) is 4.91. The summed E-state index contributed by atoms with van der Waals surface area (Å²) in [5.74, 6) is -0.0452. The van der Waals surface area contributed by atoms with Crippen LogP contribution in [0.25, 0.3) is 10.9 Å². The van der Waals surface area contributed by atoms with Gasteiger partial charge in [-0.25, -0.2) is 0 Å². The second-order valence-electron chi connectivity index (χ2n) is 6.61. The van der Waals surface area contributed by atoms with Crippen molar-refractivity contribution in [1.29, 1.82) is 0 Å². The van der Waals surface area contributed by atoms with Crippen LogP contribution < -0.4 is 5.32 Å². The summed E-state index contributed by atoms with van der Waals surface area (Å²) in [7, 11) is 0. The number of nitrogens with zero attached hydrogens (tertiary/aromatic N) is 4. The molecule has 0 unspecified atom stereocenters. The fourth-order valence-corrected chi connectivity index (χ4v) is 3.49. The molecular weight excluding hydrogens is 342 g/mol. The van der Waals surface area contributed by atoms with Gasteiger partial charge in [-0.15, -0.1) is 0 Å². The van der Waals surface area contributed by atoms with Crippen molar-refractivity contribution in [3.05, 3.63) is 60.6 Å². The topological polar surface area (TPSA) is 72.3 Å². The molecule has 1 saturated heterocycles. The van der Waals surface area contributed by atoms with Gasteiger partial charge in [0.25, 0.3) is 0 Å². The number of nitrogens with one attached hydrogen (secondary N) is 1. The largest absolute Gasteiger partial charge is 0.379 e. The van der Waals surface area contributed by atoms with Crippen LogP contribution in [0.3, 0.4) is 0 Å². The van der Waals surface area contributed by atoms with Crippen LogP contribution >= 0.6 is 0 Å². The number of benzene rings is 1. The molecule has 1 amide bonds. The molecule has 1 aliphatic heterocycles. The summed E-state index contributed by atoms with van der Waals surface area (Å²) in [4.78, 5) is 19.0. The van der Waals surface area contributed by atoms with Crippen LogP contribution in [0.15, 0.2) is 55.0 Å². The molecule has 2 aromatic heterocycles. The van der Waals surface area contributed by atoms with E-state index in [2.05, 4.69) is 20.3 Å².